The maximum Gasteiger partial charge on any atom is 0.245 e. The van der Waals surface area contributed by atoms with Gasteiger partial charge in [-0.15, -0.1) is 11.3 Å². The van der Waals surface area contributed by atoms with Crippen molar-refractivity contribution in [1.82, 2.24) is 9.62 Å². The van der Waals surface area contributed by atoms with Gasteiger partial charge in [0.05, 0.1) is 7.57 Å². The van der Waals surface area contributed by atoms with E-state index in [0.29, 0.717) is 27.7 Å². The Balaban J connectivity index is 2.18. The molecule has 1 N–H and O–H groups in total. The lowest BCUT2D eigenvalue weighted by molar-refractivity contribution is 0.294. The van der Waals surface area contributed by atoms with E-state index in [-0.39, 0.29) is 0 Å². The fraction of sp³-hybridized carbons (Fsp3) is 0.667. The topological polar surface area (TPSA) is 49.4 Å². The summed E-state index contributed by atoms with van der Waals surface area (Å²) in [5, 5.41) is 3.31. The van der Waals surface area contributed by atoms with Gasteiger partial charge in [-0.1, -0.05) is 6.92 Å². The fourth-order valence-electron chi connectivity index (χ4n) is 2.39. The monoisotopic (exact) mass is 444 g/mol. The van der Waals surface area contributed by atoms with Crippen LogP contribution in [0.15, 0.2) is 18.5 Å². The minimum absolute atomic E-state index is 0.366. The predicted octanol–water partition coefficient (Wildman–Crippen LogP) is 3.28. The second-order valence-corrected chi connectivity index (χ2v) is 10.5. The van der Waals surface area contributed by atoms with Crippen LogP contribution in [0.2, 0.25) is 0 Å². The normalized spacial score (nSPS) is 17.8. The van der Waals surface area contributed by atoms with Crippen LogP contribution in [-0.2, 0) is 10.0 Å². The third-order valence-electron chi connectivity index (χ3n) is 3.52. The van der Waals surface area contributed by atoms with E-state index in [0.717, 1.165) is 29.7 Å². The van der Waals surface area contributed by atoms with E-state index in [1.54, 1.807) is 10.4 Å². The molecule has 20 heavy (non-hydrogen) atoms. The molecule has 0 radical (unpaired) electrons. The smallest absolute Gasteiger partial charge is 0.245 e. The summed E-state index contributed by atoms with van der Waals surface area (Å²) in [6.07, 6.45) is 2.08. The van der Waals surface area contributed by atoms with Gasteiger partial charge in [0.25, 0.3) is 0 Å². The van der Waals surface area contributed by atoms with Gasteiger partial charge in [-0.3, -0.25) is 0 Å². The average Bonchev–Trinajstić information content (AvgIpc) is 2.76. The first kappa shape index (κ1) is 16.9. The van der Waals surface area contributed by atoms with E-state index in [9.17, 15) is 8.42 Å². The molecule has 1 saturated heterocycles. The summed E-state index contributed by atoms with van der Waals surface area (Å²) in [7, 11) is -3.41. The first-order valence-electron chi connectivity index (χ1n) is 6.61. The highest BCUT2D eigenvalue weighted by molar-refractivity contribution is 9.12. The van der Waals surface area contributed by atoms with Crippen LogP contribution in [0.3, 0.4) is 0 Å². The van der Waals surface area contributed by atoms with Crippen LogP contribution >= 0.6 is 43.2 Å². The maximum atomic E-state index is 12.7. The molecule has 0 saturated carbocycles. The Morgan fingerprint density at radius 1 is 1.40 bits per heavy atom. The highest BCUT2D eigenvalue weighted by Crippen LogP contribution is 2.36. The van der Waals surface area contributed by atoms with Crippen molar-refractivity contribution in [3.8, 4) is 0 Å². The van der Waals surface area contributed by atoms with Crippen molar-refractivity contribution >= 4 is 53.2 Å². The van der Waals surface area contributed by atoms with Crippen LogP contribution in [0.1, 0.15) is 19.8 Å². The molecule has 0 aromatic carbocycles. The Kier molecular flexibility index (Phi) is 6.08. The van der Waals surface area contributed by atoms with Gasteiger partial charge in [0, 0.05) is 13.1 Å². The van der Waals surface area contributed by atoms with Gasteiger partial charge in [0.2, 0.25) is 10.0 Å². The minimum Gasteiger partial charge on any atom is -0.317 e. The van der Waals surface area contributed by atoms with Gasteiger partial charge < -0.3 is 5.32 Å². The number of piperidine rings is 1. The first-order chi connectivity index (χ1) is 9.45. The van der Waals surface area contributed by atoms with Crippen molar-refractivity contribution in [2.45, 2.75) is 24.7 Å². The zero-order chi connectivity index (χ0) is 14.8. The molecule has 0 aliphatic carbocycles. The molecule has 2 rings (SSSR count). The molecule has 4 nitrogen and oxygen atoms in total. The van der Waals surface area contributed by atoms with Gasteiger partial charge >= 0.3 is 0 Å². The van der Waals surface area contributed by atoms with Gasteiger partial charge in [-0.25, -0.2) is 8.42 Å². The average molecular weight is 446 g/mol. The van der Waals surface area contributed by atoms with Crippen LogP contribution in [0.5, 0.6) is 0 Å². The lowest BCUT2D eigenvalue weighted by Gasteiger charge is -2.28. The van der Waals surface area contributed by atoms with E-state index >= 15 is 0 Å². The molecule has 0 spiro atoms. The number of halogens is 2. The molecule has 0 amide bonds. The summed E-state index contributed by atoms with van der Waals surface area (Å²) < 4.78 is 28.6. The van der Waals surface area contributed by atoms with Gasteiger partial charge in [-0.05, 0) is 69.8 Å². The minimum atomic E-state index is -3.41. The molecular weight excluding hydrogens is 428 g/mol. The highest BCUT2D eigenvalue weighted by atomic mass is 79.9. The molecule has 1 aliphatic heterocycles. The number of hydrogen-bond donors (Lipinski definition) is 1. The van der Waals surface area contributed by atoms with E-state index in [1.165, 1.54) is 11.3 Å². The van der Waals surface area contributed by atoms with E-state index in [2.05, 4.69) is 37.2 Å². The molecule has 0 unspecified atom stereocenters. The van der Waals surface area contributed by atoms with Crippen LogP contribution in [0.25, 0.3) is 0 Å². The summed E-state index contributed by atoms with van der Waals surface area (Å²) in [5.74, 6) is 0.451. The largest absolute Gasteiger partial charge is 0.317 e. The lowest BCUT2D eigenvalue weighted by Crippen LogP contribution is -2.39. The molecular formula is C12H18Br2N2O2S2. The zero-order valence-electron chi connectivity index (χ0n) is 11.2. The van der Waals surface area contributed by atoms with Crippen molar-refractivity contribution in [1.29, 1.82) is 0 Å². The molecule has 1 aliphatic rings. The fourth-order valence-corrected chi connectivity index (χ4v) is 7.68. The van der Waals surface area contributed by atoms with Crippen molar-refractivity contribution < 1.29 is 8.42 Å². The summed E-state index contributed by atoms with van der Waals surface area (Å²) in [6.45, 7) is 4.98. The summed E-state index contributed by atoms with van der Waals surface area (Å²) in [5.41, 5.74) is 0. The maximum absolute atomic E-state index is 12.7. The third-order valence-corrected chi connectivity index (χ3v) is 8.21. The molecule has 114 valence electrons. The zero-order valence-corrected chi connectivity index (χ0v) is 16.0. The number of sulfonamides is 1. The first-order valence-corrected chi connectivity index (χ1v) is 10.4. The van der Waals surface area contributed by atoms with E-state index < -0.39 is 10.0 Å². The summed E-state index contributed by atoms with van der Waals surface area (Å²) in [4.78, 5) is 0.366. The van der Waals surface area contributed by atoms with E-state index in [1.807, 2.05) is 6.92 Å². The lowest BCUT2D eigenvalue weighted by atomic mass is 9.98. The van der Waals surface area contributed by atoms with Crippen molar-refractivity contribution in [3.05, 3.63) is 13.6 Å². The standard InChI is InChI=1S/C12H18Br2N2O2S2/c1-2-16(8-9-3-5-15-6-4-9)20(17,18)10-7-11(13)19-12(10)14/h7,9,15H,2-6,8H2,1H3. The quantitative estimate of drug-likeness (QED) is 0.756. The Morgan fingerprint density at radius 3 is 2.55 bits per heavy atom. The molecule has 1 fully saturated rings. The SMILES string of the molecule is CCN(CC1CCNCC1)S(=O)(=O)c1cc(Br)sc1Br. The number of thiophene rings is 1. The van der Waals surface area contributed by atoms with Gasteiger partial charge in [0.15, 0.2) is 0 Å². The second kappa shape index (κ2) is 7.19. The Morgan fingerprint density at radius 2 is 2.05 bits per heavy atom. The predicted molar refractivity (Wildman–Crippen MR) is 89.7 cm³/mol. The third kappa shape index (κ3) is 3.84. The number of nitrogens with one attached hydrogen (secondary N) is 1. The number of nitrogens with zero attached hydrogens (tertiary/aromatic N) is 1. The molecule has 8 heteroatoms. The molecule has 1 aromatic rings. The van der Waals surface area contributed by atoms with Crippen molar-refractivity contribution in [2.75, 3.05) is 26.2 Å². The Labute approximate surface area is 141 Å². The van der Waals surface area contributed by atoms with Crippen LogP contribution < -0.4 is 5.32 Å². The van der Waals surface area contributed by atoms with Crippen molar-refractivity contribution in [3.63, 3.8) is 0 Å². The van der Waals surface area contributed by atoms with Gasteiger partial charge in [-0.2, -0.15) is 4.31 Å². The van der Waals surface area contributed by atoms with Gasteiger partial charge in [0.1, 0.15) is 4.90 Å². The number of hydrogen-bond acceptors (Lipinski definition) is 4. The van der Waals surface area contributed by atoms with Crippen LogP contribution in [-0.4, -0.2) is 38.9 Å². The molecule has 2 heterocycles. The Bertz CT molecular complexity index is 554. The summed E-state index contributed by atoms with van der Waals surface area (Å²) in [6, 6.07) is 1.68. The Hall–Kier alpha value is 0.530. The summed E-state index contributed by atoms with van der Waals surface area (Å²) >= 11 is 8.08. The molecule has 0 atom stereocenters. The highest BCUT2D eigenvalue weighted by Gasteiger charge is 2.29. The van der Waals surface area contributed by atoms with Crippen LogP contribution in [0, 0.1) is 5.92 Å². The van der Waals surface area contributed by atoms with Crippen molar-refractivity contribution in [2.24, 2.45) is 5.92 Å². The number of rotatable bonds is 5. The molecule has 0 bridgehead atoms. The van der Waals surface area contributed by atoms with Crippen LogP contribution in [0.4, 0.5) is 0 Å². The molecule has 1 aromatic heterocycles. The van der Waals surface area contributed by atoms with E-state index in [4.69, 9.17) is 0 Å². The second-order valence-electron chi connectivity index (χ2n) is 4.84.